The molecular formula is C8H12N4O. The van der Waals surface area contributed by atoms with Gasteiger partial charge in [-0.05, 0) is 12.8 Å². The van der Waals surface area contributed by atoms with Gasteiger partial charge in [-0.25, -0.2) is 4.79 Å². The van der Waals surface area contributed by atoms with Crippen molar-refractivity contribution in [2.45, 2.75) is 18.9 Å². The van der Waals surface area contributed by atoms with Gasteiger partial charge in [-0.3, -0.25) is 4.98 Å². The molecule has 2 rings (SSSR count). The van der Waals surface area contributed by atoms with E-state index < -0.39 is 0 Å². The van der Waals surface area contributed by atoms with Crippen LogP contribution in [0.25, 0.3) is 0 Å². The molecule has 1 saturated carbocycles. The van der Waals surface area contributed by atoms with Crippen LogP contribution in [0.2, 0.25) is 0 Å². The maximum Gasteiger partial charge on any atom is 0.348 e. The normalized spacial score (nSPS) is 15.5. The van der Waals surface area contributed by atoms with Gasteiger partial charge in [0.2, 0.25) is 0 Å². The number of aromatic amines is 1. The molecule has 5 nitrogen and oxygen atoms in total. The molecule has 1 aliphatic rings. The first kappa shape index (κ1) is 8.10. The van der Waals surface area contributed by atoms with E-state index in [-0.39, 0.29) is 5.69 Å². The van der Waals surface area contributed by atoms with E-state index in [1.165, 1.54) is 12.8 Å². The van der Waals surface area contributed by atoms with Crippen molar-refractivity contribution in [3.8, 4) is 0 Å². The number of nitrogens with zero attached hydrogens (tertiary/aromatic N) is 1. The van der Waals surface area contributed by atoms with Crippen molar-refractivity contribution in [3.05, 3.63) is 16.6 Å². The van der Waals surface area contributed by atoms with Gasteiger partial charge in [0, 0.05) is 19.2 Å². The molecule has 0 spiro atoms. The van der Waals surface area contributed by atoms with E-state index in [0.29, 0.717) is 11.9 Å². The summed E-state index contributed by atoms with van der Waals surface area (Å²) in [5.74, 6) is 1.33. The van der Waals surface area contributed by atoms with E-state index in [1.54, 1.807) is 13.1 Å². The lowest BCUT2D eigenvalue weighted by atomic mass is 10.5. The fourth-order valence-electron chi connectivity index (χ4n) is 1.11. The van der Waals surface area contributed by atoms with Crippen LogP contribution in [0.4, 0.5) is 11.6 Å². The van der Waals surface area contributed by atoms with E-state index in [2.05, 4.69) is 20.6 Å². The molecule has 0 aromatic carbocycles. The van der Waals surface area contributed by atoms with Crippen LogP contribution in [0, 0.1) is 0 Å². The summed E-state index contributed by atoms with van der Waals surface area (Å²) >= 11 is 0. The van der Waals surface area contributed by atoms with Crippen LogP contribution >= 0.6 is 0 Å². The van der Waals surface area contributed by atoms with Crippen LogP contribution in [-0.2, 0) is 0 Å². The number of hydrogen-bond acceptors (Lipinski definition) is 4. The summed E-state index contributed by atoms with van der Waals surface area (Å²) in [5.41, 5.74) is -0.324. The third-order valence-corrected chi connectivity index (χ3v) is 1.94. The first-order valence-corrected chi connectivity index (χ1v) is 4.33. The molecule has 1 aromatic heterocycles. The summed E-state index contributed by atoms with van der Waals surface area (Å²) in [6.07, 6.45) is 2.36. The average Bonchev–Trinajstić information content (AvgIpc) is 2.87. The molecule has 5 heteroatoms. The van der Waals surface area contributed by atoms with Gasteiger partial charge in [-0.1, -0.05) is 0 Å². The largest absolute Gasteiger partial charge is 0.373 e. The van der Waals surface area contributed by atoms with E-state index >= 15 is 0 Å². The second-order valence-corrected chi connectivity index (χ2v) is 3.15. The molecule has 70 valence electrons. The maximum absolute atomic E-state index is 11.0. The fourth-order valence-corrected chi connectivity index (χ4v) is 1.11. The summed E-state index contributed by atoms with van der Waals surface area (Å²) in [4.78, 5) is 17.4. The molecule has 0 amide bonds. The zero-order valence-corrected chi connectivity index (χ0v) is 7.42. The number of H-pyrrole nitrogens is 1. The summed E-state index contributed by atoms with van der Waals surface area (Å²) in [6, 6.07) is 2.32. The first-order chi connectivity index (χ1) is 6.28. The SMILES string of the molecule is CNc1cc(NC2CC2)[nH]c(=O)n1. The zero-order chi connectivity index (χ0) is 9.26. The predicted octanol–water partition coefficient (Wildman–Crippen LogP) is 0.386. The first-order valence-electron chi connectivity index (χ1n) is 4.33. The quantitative estimate of drug-likeness (QED) is 0.629. The summed E-state index contributed by atoms with van der Waals surface area (Å²) < 4.78 is 0. The lowest BCUT2D eigenvalue weighted by molar-refractivity contribution is 1.03. The van der Waals surface area contributed by atoms with Gasteiger partial charge in [0.1, 0.15) is 11.6 Å². The Morgan fingerprint density at radius 1 is 1.62 bits per heavy atom. The molecule has 1 heterocycles. The highest BCUT2D eigenvalue weighted by Crippen LogP contribution is 2.23. The Morgan fingerprint density at radius 2 is 2.38 bits per heavy atom. The Hall–Kier alpha value is -1.52. The monoisotopic (exact) mass is 180 g/mol. The lowest BCUT2D eigenvalue weighted by Crippen LogP contribution is -2.16. The molecule has 1 fully saturated rings. The van der Waals surface area contributed by atoms with E-state index in [4.69, 9.17) is 0 Å². The van der Waals surface area contributed by atoms with Crippen LogP contribution in [-0.4, -0.2) is 23.1 Å². The van der Waals surface area contributed by atoms with Crippen LogP contribution in [0.5, 0.6) is 0 Å². The highest BCUT2D eigenvalue weighted by Gasteiger charge is 2.21. The summed E-state index contributed by atoms with van der Waals surface area (Å²) in [5, 5.41) is 6.03. The van der Waals surface area contributed by atoms with Gasteiger partial charge in [-0.15, -0.1) is 0 Å². The van der Waals surface area contributed by atoms with Gasteiger partial charge in [-0.2, -0.15) is 4.98 Å². The fraction of sp³-hybridized carbons (Fsp3) is 0.500. The van der Waals surface area contributed by atoms with Crippen molar-refractivity contribution in [1.29, 1.82) is 0 Å². The second kappa shape index (κ2) is 3.08. The number of rotatable bonds is 3. The van der Waals surface area contributed by atoms with Crippen molar-refractivity contribution in [3.63, 3.8) is 0 Å². The number of nitrogens with one attached hydrogen (secondary N) is 3. The van der Waals surface area contributed by atoms with Crippen molar-refractivity contribution in [2.24, 2.45) is 0 Å². The highest BCUT2D eigenvalue weighted by atomic mass is 16.1. The van der Waals surface area contributed by atoms with Gasteiger partial charge >= 0.3 is 5.69 Å². The van der Waals surface area contributed by atoms with E-state index in [0.717, 1.165) is 5.82 Å². The zero-order valence-electron chi connectivity index (χ0n) is 7.42. The topological polar surface area (TPSA) is 69.8 Å². The highest BCUT2D eigenvalue weighted by molar-refractivity contribution is 5.47. The molecule has 0 aliphatic heterocycles. The van der Waals surface area contributed by atoms with Crippen molar-refractivity contribution < 1.29 is 0 Å². The average molecular weight is 180 g/mol. The minimum atomic E-state index is -0.324. The Morgan fingerprint density at radius 3 is 3.00 bits per heavy atom. The molecule has 1 aromatic rings. The lowest BCUT2D eigenvalue weighted by Gasteiger charge is -2.04. The third-order valence-electron chi connectivity index (χ3n) is 1.94. The molecule has 0 saturated heterocycles. The molecule has 0 atom stereocenters. The van der Waals surface area contributed by atoms with Crippen molar-refractivity contribution in [2.75, 3.05) is 17.7 Å². The molecule has 3 N–H and O–H groups in total. The molecule has 0 bridgehead atoms. The third kappa shape index (κ3) is 1.99. The van der Waals surface area contributed by atoms with Gasteiger partial charge in [0.25, 0.3) is 0 Å². The number of anilines is 2. The smallest absolute Gasteiger partial charge is 0.348 e. The van der Waals surface area contributed by atoms with Gasteiger partial charge in [0.05, 0.1) is 0 Å². The molecular weight excluding hydrogens is 168 g/mol. The number of hydrogen-bond donors (Lipinski definition) is 3. The van der Waals surface area contributed by atoms with Crippen LogP contribution < -0.4 is 16.3 Å². The summed E-state index contributed by atoms with van der Waals surface area (Å²) in [7, 11) is 1.74. The van der Waals surface area contributed by atoms with Crippen LogP contribution in [0.15, 0.2) is 10.9 Å². The van der Waals surface area contributed by atoms with Crippen LogP contribution in [0.1, 0.15) is 12.8 Å². The Bertz CT molecular complexity index is 355. The number of aromatic nitrogens is 2. The Balaban J connectivity index is 2.22. The Kier molecular flexibility index (Phi) is 1.92. The standard InChI is InChI=1S/C8H12N4O/c1-9-6-4-7(10-5-2-3-5)12-8(13)11-6/h4-5H,2-3H2,1H3,(H3,9,10,11,12,13). The van der Waals surface area contributed by atoms with Gasteiger partial charge in [0.15, 0.2) is 0 Å². The minimum absolute atomic E-state index is 0.324. The van der Waals surface area contributed by atoms with Gasteiger partial charge < -0.3 is 10.6 Å². The van der Waals surface area contributed by atoms with Crippen molar-refractivity contribution >= 4 is 11.6 Å². The van der Waals surface area contributed by atoms with E-state index in [1.807, 2.05) is 0 Å². The molecule has 0 radical (unpaired) electrons. The van der Waals surface area contributed by atoms with Crippen molar-refractivity contribution in [1.82, 2.24) is 9.97 Å². The second-order valence-electron chi connectivity index (χ2n) is 3.15. The predicted molar refractivity (Wildman–Crippen MR) is 51.0 cm³/mol. The maximum atomic E-state index is 11.0. The Labute approximate surface area is 75.6 Å². The summed E-state index contributed by atoms with van der Waals surface area (Å²) in [6.45, 7) is 0. The molecule has 1 aliphatic carbocycles. The van der Waals surface area contributed by atoms with E-state index in [9.17, 15) is 4.79 Å². The molecule has 0 unspecified atom stereocenters. The molecule has 13 heavy (non-hydrogen) atoms. The minimum Gasteiger partial charge on any atom is -0.373 e. The van der Waals surface area contributed by atoms with Crippen LogP contribution in [0.3, 0.4) is 0 Å².